The molecule has 0 aliphatic carbocycles. The van der Waals surface area contributed by atoms with Crippen LogP contribution in [0.15, 0.2) is 87.4 Å². The van der Waals surface area contributed by atoms with Gasteiger partial charge in [0.2, 0.25) is 10.0 Å². The summed E-state index contributed by atoms with van der Waals surface area (Å²) in [4.78, 5) is 0.148. The number of hydrazone groups is 1. The van der Waals surface area contributed by atoms with Crippen LogP contribution in [0.2, 0.25) is 0 Å². The number of anilines is 1. The fraction of sp³-hybridized carbons (Fsp3) is 0.150. The molecule has 30 heavy (non-hydrogen) atoms. The lowest BCUT2D eigenvalue weighted by Gasteiger charge is -2.18. The number of rotatable bonds is 6. The van der Waals surface area contributed by atoms with E-state index in [1.165, 1.54) is 18.4 Å². The third kappa shape index (κ3) is 4.10. The molecule has 1 N–H and O–H groups in total. The lowest BCUT2D eigenvalue weighted by Crippen LogP contribution is -2.25. The third-order valence-electron chi connectivity index (χ3n) is 4.59. The Kier molecular flexibility index (Phi) is 5.12. The van der Waals surface area contributed by atoms with Crippen LogP contribution in [-0.4, -0.2) is 33.2 Å². The second-order valence-electron chi connectivity index (χ2n) is 6.82. The Morgan fingerprint density at radius 1 is 1.00 bits per heavy atom. The van der Waals surface area contributed by atoms with Gasteiger partial charge >= 0.3 is 0 Å². The van der Waals surface area contributed by atoms with Crippen molar-refractivity contribution >= 4 is 31.4 Å². The molecule has 1 aromatic heterocycles. The fourth-order valence-corrected chi connectivity index (χ4v) is 5.20. The van der Waals surface area contributed by atoms with Gasteiger partial charge in [0.1, 0.15) is 11.8 Å². The summed E-state index contributed by atoms with van der Waals surface area (Å²) in [6.45, 7) is 0. The molecule has 2 heterocycles. The number of benzene rings is 2. The van der Waals surface area contributed by atoms with Crippen LogP contribution in [0, 0.1) is 0 Å². The second kappa shape index (κ2) is 7.62. The Morgan fingerprint density at radius 2 is 1.77 bits per heavy atom. The first-order chi connectivity index (χ1) is 14.2. The van der Waals surface area contributed by atoms with Gasteiger partial charge in [-0.1, -0.05) is 30.3 Å². The maximum Gasteiger partial charge on any atom is 0.261 e. The molecule has 0 saturated carbocycles. The standard InChI is InChI=1S/C20H19N3O5S2/c1-29(24,25)23-19(20-11-6-12-28-20)14-18(21-23)15-7-5-8-16(13-15)22-30(26,27)17-9-3-2-4-10-17/h2-13,19,22H,14H2,1H3/t19-/m0/s1. The molecule has 156 valence electrons. The predicted octanol–water partition coefficient (Wildman–Crippen LogP) is 3.19. The van der Waals surface area contributed by atoms with Gasteiger partial charge in [0.15, 0.2) is 0 Å². The molecule has 0 bridgehead atoms. The van der Waals surface area contributed by atoms with Crippen molar-refractivity contribution in [1.82, 2.24) is 4.41 Å². The van der Waals surface area contributed by atoms with Crippen LogP contribution >= 0.6 is 0 Å². The molecule has 1 aliphatic heterocycles. The maximum atomic E-state index is 12.6. The summed E-state index contributed by atoms with van der Waals surface area (Å²) in [5.74, 6) is 0.486. The van der Waals surface area contributed by atoms with Gasteiger partial charge in [-0.3, -0.25) is 4.72 Å². The molecule has 4 rings (SSSR count). The Balaban J connectivity index is 1.64. The van der Waals surface area contributed by atoms with Crippen molar-refractivity contribution in [1.29, 1.82) is 0 Å². The number of sulfonamides is 2. The van der Waals surface area contributed by atoms with Gasteiger partial charge in [-0.25, -0.2) is 16.8 Å². The summed E-state index contributed by atoms with van der Waals surface area (Å²) in [5.41, 5.74) is 1.49. The van der Waals surface area contributed by atoms with Crippen LogP contribution < -0.4 is 4.72 Å². The highest BCUT2D eigenvalue weighted by Crippen LogP contribution is 2.35. The summed E-state index contributed by atoms with van der Waals surface area (Å²) in [7, 11) is -7.36. The van der Waals surface area contributed by atoms with Crippen LogP contribution in [0.4, 0.5) is 5.69 Å². The largest absolute Gasteiger partial charge is 0.467 e. The van der Waals surface area contributed by atoms with Crippen molar-refractivity contribution in [3.05, 3.63) is 84.3 Å². The van der Waals surface area contributed by atoms with Gasteiger partial charge in [-0.05, 0) is 42.0 Å². The van der Waals surface area contributed by atoms with Crippen molar-refractivity contribution in [2.75, 3.05) is 11.0 Å². The predicted molar refractivity (Wildman–Crippen MR) is 113 cm³/mol. The smallest absolute Gasteiger partial charge is 0.261 e. The van der Waals surface area contributed by atoms with Crippen LogP contribution in [0.3, 0.4) is 0 Å². The number of nitrogens with one attached hydrogen (secondary N) is 1. The highest BCUT2D eigenvalue weighted by molar-refractivity contribution is 7.92. The zero-order chi connectivity index (χ0) is 21.4. The van der Waals surface area contributed by atoms with Crippen LogP contribution in [0.1, 0.15) is 23.8 Å². The van der Waals surface area contributed by atoms with E-state index in [4.69, 9.17) is 4.42 Å². The van der Waals surface area contributed by atoms with E-state index in [9.17, 15) is 16.8 Å². The Morgan fingerprint density at radius 3 is 2.43 bits per heavy atom. The van der Waals surface area contributed by atoms with E-state index < -0.39 is 26.1 Å². The summed E-state index contributed by atoms with van der Waals surface area (Å²) < 4.78 is 58.6. The molecule has 0 saturated heterocycles. The van der Waals surface area contributed by atoms with E-state index in [0.717, 1.165) is 10.7 Å². The van der Waals surface area contributed by atoms with Crippen molar-refractivity contribution in [3.8, 4) is 0 Å². The molecule has 0 unspecified atom stereocenters. The number of hydrogen-bond donors (Lipinski definition) is 1. The van der Waals surface area contributed by atoms with E-state index in [1.807, 2.05) is 0 Å². The molecule has 0 fully saturated rings. The van der Waals surface area contributed by atoms with Crippen LogP contribution in [0.25, 0.3) is 0 Å². The molecule has 8 nitrogen and oxygen atoms in total. The number of nitrogens with zero attached hydrogens (tertiary/aromatic N) is 2. The third-order valence-corrected chi connectivity index (χ3v) is 7.00. The molecular formula is C20H19N3O5S2. The van der Waals surface area contributed by atoms with Crippen molar-refractivity contribution in [2.24, 2.45) is 5.10 Å². The highest BCUT2D eigenvalue weighted by Gasteiger charge is 2.36. The van der Waals surface area contributed by atoms with Crippen LogP contribution in [-0.2, 0) is 20.0 Å². The summed E-state index contributed by atoms with van der Waals surface area (Å²) in [6, 6.07) is 17.5. The lowest BCUT2D eigenvalue weighted by molar-refractivity contribution is 0.322. The summed E-state index contributed by atoms with van der Waals surface area (Å²) in [6.07, 6.45) is 2.86. The number of furan rings is 1. The van der Waals surface area contributed by atoms with Gasteiger partial charge in [0.05, 0.1) is 23.1 Å². The first-order valence-corrected chi connectivity index (χ1v) is 12.4. The molecule has 1 atom stereocenters. The second-order valence-corrected chi connectivity index (χ2v) is 10.3. The molecule has 0 spiro atoms. The average Bonchev–Trinajstić information content (AvgIpc) is 3.38. The zero-order valence-corrected chi connectivity index (χ0v) is 17.6. The van der Waals surface area contributed by atoms with Crippen LogP contribution in [0.5, 0.6) is 0 Å². The van der Waals surface area contributed by atoms with E-state index in [-0.39, 0.29) is 4.90 Å². The molecule has 0 radical (unpaired) electrons. The van der Waals surface area contributed by atoms with Gasteiger partial charge in [-0.15, -0.1) is 0 Å². The monoisotopic (exact) mass is 445 g/mol. The summed E-state index contributed by atoms with van der Waals surface area (Å²) in [5, 5.41) is 4.29. The zero-order valence-electron chi connectivity index (χ0n) is 16.0. The summed E-state index contributed by atoms with van der Waals surface area (Å²) >= 11 is 0. The topological polar surface area (TPSA) is 109 Å². The Labute approximate surface area is 174 Å². The lowest BCUT2D eigenvalue weighted by atomic mass is 10.0. The Hall–Kier alpha value is -3.11. The van der Waals surface area contributed by atoms with Crippen molar-refractivity contribution in [3.63, 3.8) is 0 Å². The first-order valence-electron chi connectivity index (χ1n) is 9.03. The quantitative estimate of drug-likeness (QED) is 0.627. The van der Waals surface area contributed by atoms with E-state index >= 15 is 0 Å². The molecule has 3 aromatic rings. The molecular weight excluding hydrogens is 426 g/mol. The van der Waals surface area contributed by atoms with E-state index in [0.29, 0.717) is 29.1 Å². The SMILES string of the molecule is CS(=O)(=O)N1N=C(c2cccc(NS(=O)(=O)c3ccccc3)c2)C[C@H]1c1ccco1. The minimum absolute atomic E-state index is 0.148. The fourth-order valence-electron chi connectivity index (χ4n) is 3.24. The van der Waals surface area contributed by atoms with Gasteiger partial charge < -0.3 is 4.42 Å². The minimum Gasteiger partial charge on any atom is -0.467 e. The first kappa shape index (κ1) is 20.2. The molecule has 10 heteroatoms. The average molecular weight is 446 g/mol. The van der Waals surface area contributed by atoms with Crippen molar-refractivity contribution < 1.29 is 21.3 Å². The van der Waals surface area contributed by atoms with Gasteiger partial charge in [-0.2, -0.15) is 9.52 Å². The van der Waals surface area contributed by atoms with Crippen molar-refractivity contribution in [2.45, 2.75) is 17.4 Å². The van der Waals surface area contributed by atoms with E-state index in [1.54, 1.807) is 54.6 Å². The van der Waals surface area contributed by atoms with Gasteiger partial charge in [0.25, 0.3) is 10.0 Å². The molecule has 2 aromatic carbocycles. The highest BCUT2D eigenvalue weighted by atomic mass is 32.2. The molecule has 0 amide bonds. The maximum absolute atomic E-state index is 12.6. The van der Waals surface area contributed by atoms with Gasteiger partial charge in [0, 0.05) is 12.1 Å². The minimum atomic E-state index is -3.75. The number of hydrogen-bond acceptors (Lipinski definition) is 6. The Bertz CT molecular complexity index is 1290. The van der Waals surface area contributed by atoms with E-state index in [2.05, 4.69) is 9.82 Å². The normalized spacial score (nSPS) is 17.0. The molecule has 1 aliphatic rings.